The van der Waals surface area contributed by atoms with Gasteiger partial charge in [0.1, 0.15) is 0 Å². The number of nitrogens with zero attached hydrogens (tertiary/aromatic N) is 2. The molecule has 128 valence electrons. The molecule has 2 aromatic carbocycles. The molecule has 0 spiro atoms. The molecule has 2 heterocycles. The number of pyridine rings is 1. The van der Waals surface area contributed by atoms with E-state index in [-0.39, 0.29) is 5.97 Å². The molecule has 1 aliphatic heterocycles. The summed E-state index contributed by atoms with van der Waals surface area (Å²) in [5, 5.41) is 3.76. The molecule has 0 saturated heterocycles. The third kappa shape index (κ3) is 2.91. The molecule has 0 radical (unpaired) electrons. The summed E-state index contributed by atoms with van der Waals surface area (Å²) in [5.74, 6) is -0.360. The van der Waals surface area contributed by atoms with Crippen LogP contribution in [0.4, 0.5) is 5.69 Å². The van der Waals surface area contributed by atoms with E-state index in [1.807, 2.05) is 71.9 Å². The van der Waals surface area contributed by atoms with Crippen LogP contribution >= 0.6 is 0 Å². The fourth-order valence-corrected chi connectivity index (χ4v) is 2.93. The molecule has 0 aliphatic carbocycles. The number of ether oxygens (including phenoxy) is 1. The van der Waals surface area contributed by atoms with Gasteiger partial charge >= 0.3 is 5.97 Å². The van der Waals surface area contributed by atoms with Crippen LogP contribution in [-0.4, -0.2) is 18.1 Å². The van der Waals surface area contributed by atoms with Gasteiger partial charge in [-0.2, -0.15) is 0 Å². The Morgan fingerprint density at radius 1 is 1.04 bits per heavy atom. The highest BCUT2D eigenvalue weighted by Gasteiger charge is 2.15. The summed E-state index contributed by atoms with van der Waals surface area (Å²) >= 11 is 0. The first-order chi connectivity index (χ1) is 12.8. The van der Waals surface area contributed by atoms with Gasteiger partial charge in [-0.15, -0.1) is 0 Å². The Kier molecular flexibility index (Phi) is 4.11. The standard InChI is InChI=1S/C21H17N3O2/c1-26-21(25)16-8-5-7-15(13-16)20-18-11-6-12-22-19(18)14-24(23-20)17-9-3-2-4-10-17/h2-14,23H,1H3. The number of fused-ring (bicyclic) bond motifs is 1. The van der Waals surface area contributed by atoms with Crippen LogP contribution in [0.25, 0.3) is 11.9 Å². The van der Waals surface area contributed by atoms with E-state index in [4.69, 9.17) is 4.74 Å². The van der Waals surface area contributed by atoms with Crippen molar-refractivity contribution < 1.29 is 9.53 Å². The number of hydrazine groups is 1. The highest BCUT2D eigenvalue weighted by molar-refractivity contribution is 5.90. The highest BCUT2D eigenvalue weighted by Crippen LogP contribution is 2.18. The van der Waals surface area contributed by atoms with Gasteiger partial charge in [-0.1, -0.05) is 30.3 Å². The van der Waals surface area contributed by atoms with Crippen LogP contribution in [-0.2, 0) is 4.74 Å². The van der Waals surface area contributed by atoms with Crippen LogP contribution in [0.2, 0.25) is 0 Å². The van der Waals surface area contributed by atoms with Crippen LogP contribution in [0.5, 0.6) is 0 Å². The van der Waals surface area contributed by atoms with E-state index in [1.54, 1.807) is 12.3 Å². The topological polar surface area (TPSA) is 54.5 Å². The van der Waals surface area contributed by atoms with Gasteiger partial charge in [-0.3, -0.25) is 15.4 Å². The summed E-state index contributed by atoms with van der Waals surface area (Å²) in [7, 11) is 1.38. The number of benzene rings is 2. The minimum atomic E-state index is -0.360. The molecule has 0 saturated carbocycles. The quantitative estimate of drug-likeness (QED) is 0.735. The van der Waals surface area contributed by atoms with E-state index in [9.17, 15) is 4.79 Å². The molecule has 5 nitrogen and oxygen atoms in total. The van der Waals surface area contributed by atoms with E-state index in [0.29, 0.717) is 5.56 Å². The SMILES string of the molecule is COC(=O)c1cccc(C2=c3cccnc3=CN(c3ccccc3)N2)c1. The molecule has 26 heavy (non-hydrogen) atoms. The Morgan fingerprint density at radius 2 is 1.88 bits per heavy atom. The molecule has 1 aliphatic rings. The zero-order valence-corrected chi connectivity index (χ0v) is 14.2. The number of methoxy groups -OCH3 is 1. The zero-order chi connectivity index (χ0) is 17.9. The molecule has 4 rings (SSSR count). The van der Waals surface area contributed by atoms with Crippen molar-refractivity contribution in [3.63, 3.8) is 0 Å². The van der Waals surface area contributed by atoms with Gasteiger partial charge in [0.15, 0.2) is 0 Å². The molecule has 1 N–H and O–H groups in total. The van der Waals surface area contributed by atoms with Crippen LogP contribution in [0.1, 0.15) is 15.9 Å². The number of hydrogen-bond donors (Lipinski definition) is 1. The van der Waals surface area contributed by atoms with Crippen molar-refractivity contribution in [1.82, 2.24) is 10.4 Å². The van der Waals surface area contributed by atoms with Crippen LogP contribution < -0.4 is 21.0 Å². The van der Waals surface area contributed by atoms with Crippen molar-refractivity contribution in [1.29, 1.82) is 0 Å². The summed E-state index contributed by atoms with van der Waals surface area (Å²) in [6, 6.07) is 21.2. The lowest BCUT2D eigenvalue weighted by atomic mass is 10.1. The van der Waals surface area contributed by atoms with E-state index >= 15 is 0 Å². The lowest BCUT2D eigenvalue weighted by Gasteiger charge is -2.27. The van der Waals surface area contributed by atoms with E-state index in [0.717, 1.165) is 27.5 Å². The molecule has 0 atom stereocenters. The third-order valence-electron chi connectivity index (χ3n) is 4.20. The average molecular weight is 343 g/mol. The first-order valence-corrected chi connectivity index (χ1v) is 8.23. The summed E-state index contributed by atoms with van der Waals surface area (Å²) in [4.78, 5) is 16.4. The van der Waals surface area contributed by atoms with E-state index in [1.165, 1.54) is 7.11 Å². The third-order valence-corrected chi connectivity index (χ3v) is 4.20. The highest BCUT2D eigenvalue weighted by atomic mass is 16.5. The van der Waals surface area contributed by atoms with Crippen LogP contribution in [0.15, 0.2) is 72.9 Å². The number of carbonyl (C=O) groups is 1. The Balaban J connectivity index is 1.87. The average Bonchev–Trinajstić information content (AvgIpc) is 2.73. The minimum absolute atomic E-state index is 0.360. The van der Waals surface area contributed by atoms with E-state index < -0.39 is 0 Å². The fourth-order valence-electron chi connectivity index (χ4n) is 2.93. The second kappa shape index (κ2) is 6.72. The lowest BCUT2D eigenvalue weighted by Crippen LogP contribution is -2.47. The van der Waals surface area contributed by atoms with Crippen molar-refractivity contribution in [3.8, 4) is 0 Å². The Bertz CT molecular complexity index is 1080. The second-order valence-electron chi connectivity index (χ2n) is 5.83. The van der Waals surface area contributed by atoms with Gasteiger partial charge in [0.25, 0.3) is 0 Å². The number of carbonyl (C=O) groups excluding carboxylic acids is 1. The smallest absolute Gasteiger partial charge is 0.337 e. The van der Waals surface area contributed by atoms with Gasteiger partial charge in [0.2, 0.25) is 0 Å². The van der Waals surface area contributed by atoms with Crippen molar-refractivity contribution in [2.24, 2.45) is 0 Å². The second-order valence-corrected chi connectivity index (χ2v) is 5.83. The van der Waals surface area contributed by atoms with Crippen molar-refractivity contribution in [3.05, 3.63) is 94.6 Å². The summed E-state index contributed by atoms with van der Waals surface area (Å²) in [6.07, 6.45) is 3.73. The number of hydrogen-bond acceptors (Lipinski definition) is 5. The van der Waals surface area contributed by atoms with Crippen LogP contribution in [0.3, 0.4) is 0 Å². The van der Waals surface area contributed by atoms with Gasteiger partial charge in [-0.05, 0) is 36.4 Å². The first-order valence-electron chi connectivity index (χ1n) is 8.23. The molecular weight excluding hydrogens is 326 g/mol. The molecule has 3 aromatic rings. The fraction of sp³-hybridized carbons (Fsp3) is 0.0476. The number of aromatic nitrogens is 1. The molecular formula is C21H17N3O2. The van der Waals surface area contributed by atoms with Crippen LogP contribution in [0, 0.1) is 0 Å². The van der Waals surface area contributed by atoms with Crippen molar-refractivity contribution >= 4 is 23.6 Å². The molecule has 0 fully saturated rings. The zero-order valence-electron chi connectivity index (χ0n) is 14.2. The van der Waals surface area contributed by atoms with Gasteiger partial charge < -0.3 is 4.74 Å². The number of anilines is 1. The summed E-state index contributed by atoms with van der Waals surface area (Å²) in [5.41, 5.74) is 6.69. The van der Waals surface area contributed by atoms with Gasteiger partial charge in [0, 0.05) is 17.0 Å². The first kappa shape index (κ1) is 15.9. The summed E-state index contributed by atoms with van der Waals surface area (Å²) < 4.78 is 4.84. The van der Waals surface area contributed by atoms with Gasteiger partial charge in [-0.25, -0.2) is 4.79 Å². The molecule has 1 aromatic heterocycles. The maximum atomic E-state index is 11.9. The Labute approximate surface area is 150 Å². The number of para-hydroxylation sites is 1. The predicted octanol–water partition coefficient (Wildman–Crippen LogP) is 1.79. The largest absolute Gasteiger partial charge is 0.465 e. The molecule has 5 heteroatoms. The maximum Gasteiger partial charge on any atom is 0.337 e. The summed E-state index contributed by atoms with van der Waals surface area (Å²) in [6.45, 7) is 0. The normalized spacial score (nSPS) is 12.7. The number of rotatable bonds is 3. The predicted molar refractivity (Wildman–Crippen MR) is 100 cm³/mol. The molecule has 0 amide bonds. The maximum absolute atomic E-state index is 11.9. The molecule has 0 bridgehead atoms. The number of esters is 1. The van der Waals surface area contributed by atoms with Crippen molar-refractivity contribution in [2.75, 3.05) is 12.1 Å². The Hall–Kier alpha value is -3.60. The lowest BCUT2D eigenvalue weighted by molar-refractivity contribution is 0.0600. The van der Waals surface area contributed by atoms with Crippen molar-refractivity contribution in [2.45, 2.75) is 0 Å². The van der Waals surface area contributed by atoms with E-state index in [2.05, 4.69) is 10.4 Å². The minimum Gasteiger partial charge on any atom is -0.465 e. The number of nitrogens with one attached hydrogen (secondary N) is 1. The Morgan fingerprint density at radius 3 is 2.69 bits per heavy atom. The molecule has 0 unspecified atom stereocenters. The van der Waals surface area contributed by atoms with Gasteiger partial charge in [0.05, 0.1) is 35.6 Å². The monoisotopic (exact) mass is 343 g/mol.